The number of carbonyl (C=O) groups excluding carboxylic acids is 3. The molecule has 3 aromatic carbocycles. The van der Waals surface area contributed by atoms with E-state index in [1.165, 1.54) is 0 Å². The number of hydrogen-bond acceptors (Lipinski definition) is 5. The van der Waals surface area contributed by atoms with E-state index in [0.717, 1.165) is 16.0 Å². The molecule has 0 bridgehead atoms. The van der Waals surface area contributed by atoms with Crippen molar-refractivity contribution in [3.8, 4) is 0 Å². The zero-order valence-electron chi connectivity index (χ0n) is 17.4. The van der Waals surface area contributed by atoms with E-state index in [1.54, 1.807) is 24.3 Å². The third-order valence-electron chi connectivity index (χ3n) is 5.33. The van der Waals surface area contributed by atoms with Gasteiger partial charge >= 0.3 is 0 Å². The predicted molar refractivity (Wildman–Crippen MR) is 118 cm³/mol. The number of rotatable bonds is 10. The highest BCUT2D eigenvalue weighted by Gasteiger charge is 2.38. The molecule has 0 saturated carbocycles. The van der Waals surface area contributed by atoms with Crippen LogP contribution in [-0.2, 0) is 27.5 Å². The quantitative estimate of drug-likeness (QED) is 0.363. The summed E-state index contributed by atoms with van der Waals surface area (Å²) in [4.78, 5) is 38.7. The SMILES string of the molecule is O=C[C@@H](OCc1ccccc1)[C@H](CN1C(=O)c2ccccc2C1=O)OCc1ccccc1. The molecule has 0 aliphatic carbocycles. The third-order valence-corrected chi connectivity index (χ3v) is 5.33. The molecule has 1 heterocycles. The van der Waals surface area contributed by atoms with E-state index < -0.39 is 24.0 Å². The number of hydrogen-bond donors (Lipinski definition) is 0. The number of nitrogens with zero attached hydrogens (tertiary/aromatic N) is 1. The lowest BCUT2D eigenvalue weighted by Crippen LogP contribution is -2.45. The van der Waals surface area contributed by atoms with Crippen LogP contribution in [0.4, 0.5) is 0 Å². The first-order valence-electron chi connectivity index (χ1n) is 10.4. The fraction of sp³-hybridized carbons (Fsp3) is 0.192. The lowest BCUT2D eigenvalue weighted by atomic mass is 10.1. The van der Waals surface area contributed by atoms with Crippen LogP contribution in [0.5, 0.6) is 0 Å². The summed E-state index contributed by atoms with van der Waals surface area (Å²) in [5.41, 5.74) is 2.52. The largest absolute Gasteiger partial charge is 0.368 e. The maximum atomic E-state index is 12.8. The van der Waals surface area contributed by atoms with Gasteiger partial charge in [0, 0.05) is 0 Å². The molecule has 0 saturated heterocycles. The van der Waals surface area contributed by atoms with Crippen LogP contribution in [0.2, 0.25) is 0 Å². The summed E-state index contributed by atoms with van der Waals surface area (Å²) < 4.78 is 11.9. The van der Waals surface area contributed by atoms with Gasteiger partial charge in [0.05, 0.1) is 30.9 Å². The van der Waals surface area contributed by atoms with Crippen LogP contribution in [-0.4, -0.2) is 41.8 Å². The van der Waals surface area contributed by atoms with Gasteiger partial charge in [-0.25, -0.2) is 0 Å². The van der Waals surface area contributed by atoms with Crippen LogP contribution < -0.4 is 0 Å². The number of amides is 2. The third kappa shape index (κ3) is 4.82. The molecular weight excluding hydrogens is 406 g/mol. The second kappa shape index (κ2) is 10.1. The molecule has 4 rings (SSSR count). The normalized spacial score (nSPS) is 14.8. The number of benzene rings is 3. The maximum absolute atomic E-state index is 12.8. The van der Waals surface area contributed by atoms with Crippen molar-refractivity contribution in [3.05, 3.63) is 107 Å². The first kappa shape index (κ1) is 21.6. The fourth-order valence-electron chi connectivity index (χ4n) is 3.61. The summed E-state index contributed by atoms with van der Waals surface area (Å²) in [6.45, 7) is 0.336. The number of fused-ring (bicyclic) bond motifs is 1. The fourth-order valence-corrected chi connectivity index (χ4v) is 3.61. The molecule has 2 amide bonds. The molecule has 0 radical (unpaired) electrons. The summed E-state index contributed by atoms with van der Waals surface area (Å²) in [7, 11) is 0. The summed E-state index contributed by atoms with van der Waals surface area (Å²) in [5.74, 6) is -0.793. The van der Waals surface area contributed by atoms with Crippen LogP contribution >= 0.6 is 0 Å². The molecule has 0 unspecified atom stereocenters. The highest BCUT2D eigenvalue weighted by atomic mass is 16.5. The van der Waals surface area contributed by atoms with Crippen molar-refractivity contribution in [1.82, 2.24) is 4.90 Å². The van der Waals surface area contributed by atoms with E-state index in [1.807, 2.05) is 60.7 Å². The van der Waals surface area contributed by atoms with E-state index in [2.05, 4.69) is 0 Å². The second-order valence-electron chi connectivity index (χ2n) is 7.50. The van der Waals surface area contributed by atoms with Crippen molar-refractivity contribution < 1.29 is 23.9 Å². The molecule has 1 aliphatic rings. The molecule has 6 nitrogen and oxygen atoms in total. The van der Waals surface area contributed by atoms with Crippen molar-refractivity contribution in [2.75, 3.05) is 6.54 Å². The Labute approximate surface area is 186 Å². The minimum atomic E-state index is -0.955. The Morgan fingerprint density at radius 1 is 0.688 bits per heavy atom. The zero-order chi connectivity index (χ0) is 22.3. The van der Waals surface area contributed by atoms with Crippen LogP contribution in [0.25, 0.3) is 0 Å². The van der Waals surface area contributed by atoms with E-state index in [0.29, 0.717) is 17.4 Å². The van der Waals surface area contributed by atoms with Gasteiger partial charge in [-0.05, 0) is 23.3 Å². The predicted octanol–water partition coefficient (Wildman–Crippen LogP) is 3.65. The average Bonchev–Trinajstić information content (AvgIpc) is 3.09. The summed E-state index contributed by atoms with van der Waals surface area (Å²) in [6, 6.07) is 25.6. The molecular formula is C26H23NO5. The van der Waals surface area contributed by atoms with E-state index >= 15 is 0 Å². The molecule has 0 spiro atoms. The Bertz CT molecular complexity index is 1050. The molecule has 0 aromatic heterocycles. The monoisotopic (exact) mass is 429 g/mol. The highest BCUT2D eigenvalue weighted by molar-refractivity contribution is 6.21. The Balaban J connectivity index is 1.52. The topological polar surface area (TPSA) is 72.9 Å². The van der Waals surface area contributed by atoms with Crippen molar-refractivity contribution in [1.29, 1.82) is 0 Å². The van der Waals surface area contributed by atoms with E-state index in [4.69, 9.17) is 9.47 Å². The van der Waals surface area contributed by atoms with Gasteiger partial charge in [-0.3, -0.25) is 14.5 Å². The van der Waals surface area contributed by atoms with Crippen LogP contribution in [0, 0.1) is 0 Å². The van der Waals surface area contributed by atoms with Crippen LogP contribution in [0.15, 0.2) is 84.9 Å². The molecule has 1 aliphatic heterocycles. The van der Waals surface area contributed by atoms with E-state index in [-0.39, 0.29) is 19.8 Å². The number of aldehydes is 1. The smallest absolute Gasteiger partial charge is 0.261 e. The second-order valence-corrected chi connectivity index (χ2v) is 7.50. The Morgan fingerprint density at radius 3 is 1.66 bits per heavy atom. The van der Waals surface area contributed by atoms with Crippen LogP contribution in [0.1, 0.15) is 31.8 Å². The number of carbonyl (C=O) groups is 3. The first-order valence-corrected chi connectivity index (χ1v) is 10.4. The van der Waals surface area contributed by atoms with Gasteiger partial charge < -0.3 is 14.3 Å². The zero-order valence-corrected chi connectivity index (χ0v) is 17.4. The van der Waals surface area contributed by atoms with Gasteiger partial charge in [-0.15, -0.1) is 0 Å². The van der Waals surface area contributed by atoms with Gasteiger partial charge in [0.1, 0.15) is 12.2 Å². The summed E-state index contributed by atoms with van der Waals surface area (Å²) >= 11 is 0. The minimum absolute atomic E-state index is 0.0859. The molecule has 162 valence electrons. The van der Waals surface area contributed by atoms with Gasteiger partial charge in [0.25, 0.3) is 11.8 Å². The standard InChI is InChI=1S/C26H23NO5/c28-16-24(32-18-20-11-5-2-6-12-20)23(31-17-19-9-3-1-4-10-19)15-27-25(29)21-13-7-8-14-22(21)26(27)30/h1-14,16,23-24H,15,17-18H2/t23-,24+/m0/s1. The van der Waals surface area contributed by atoms with Crippen molar-refractivity contribution in [3.63, 3.8) is 0 Å². The first-order chi connectivity index (χ1) is 15.7. The van der Waals surface area contributed by atoms with Gasteiger partial charge in [-0.1, -0.05) is 72.8 Å². The van der Waals surface area contributed by atoms with Gasteiger partial charge in [-0.2, -0.15) is 0 Å². The minimum Gasteiger partial charge on any atom is -0.368 e. The Kier molecular flexibility index (Phi) is 6.84. The van der Waals surface area contributed by atoms with E-state index in [9.17, 15) is 14.4 Å². The average molecular weight is 429 g/mol. The molecule has 2 atom stereocenters. The van der Waals surface area contributed by atoms with Crippen molar-refractivity contribution >= 4 is 18.1 Å². The van der Waals surface area contributed by atoms with Crippen molar-refractivity contribution in [2.45, 2.75) is 25.4 Å². The summed E-state index contributed by atoms with van der Waals surface area (Å²) in [5, 5.41) is 0. The molecule has 3 aromatic rings. The molecule has 0 fully saturated rings. The molecule has 6 heteroatoms. The number of imide groups is 1. The lowest BCUT2D eigenvalue weighted by Gasteiger charge is -2.27. The lowest BCUT2D eigenvalue weighted by molar-refractivity contribution is -0.134. The molecule has 32 heavy (non-hydrogen) atoms. The highest BCUT2D eigenvalue weighted by Crippen LogP contribution is 2.24. The summed E-state index contributed by atoms with van der Waals surface area (Å²) in [6.07, 6.45) is -1.11. The van der Waals surface area contributed by atoms with Gasteiger partial charge in [0.15, 0.2) is 6.29 Å². The van der Waals surface area contributed by atoms with Crippen molar-refractivity contribution in [2.24, 2.45) is 0 Å². The Morgan fingerprint density at radius 2 is 1.16 bits per heavy atom. The number of ether oxygens (including phenoxy) is 2. The maximum Gasteiger partial charge on any atom is 0.261 e. The Hall–Kier alpha value is -3.61. The van der Waals surface area contributed by atoms with Crippen LogP contribution in [0.3, 0.4) is 0 Å². The van der Waals surface area contributed by atoms with Gasteiger partial charge in [0.2, 0.25) is 0 Å². The molecule has 0 N–H and O–H groups in total.